The molecule has 6 heteroatoms. The van der Waals surface area contributed by atoms with Crippen LogP contribution in [0, 0.1) is 0 Å². The highest BCUT2D eigenvalue weighted by Gasteiger charge is 2.17. The lowest BCUT2D eigenvalue weighted by molar-refractivity contribution is 0.167. The van der Waals surface area contributed by atoms with Gasteiger partial charge in [0.1, 0.15) is 18.0 Å². The molecule has 6 nitrogen and oxygen atoms in total. The van der Waals surface area contributed by atoms with Crippen molar-refractivity contribution in [2.24, 2.45) is 0 Å². The normalized spacial score (nSPS) is 19.8. The van der Waals surface area contributed by atoms with Gasteiger partial charge in [0.05, 0.1) is 5.39 Å². The van der Waals surface area contributed by atoms with Gasteiger partial charge in [-0.15, -0.1) is 0 Å². The number of likely N-dealkylation sites (tertiary alicyclic amines) is 1. The molecule has 0 aliphatic carbocycles. The number of nitrogen functional groups attached to an aromatic ring is 1. The van der Waals surface area contributed by atoms with Gasteiger partial charge in [-0.3, -0.25) is 4.90 Å². The van der Waals surface area contributed by atoms with Crippen LogP contribution in [0.2, 0.25) is 0 Å². The van der Waals surface area contributed by atoms with Gasteiger partial charge < -0.3 is 11.1 Å². The zero-order valence-corrected chi connectivity index (χ0v) is 12.4. The fourth-order valence-corrected chi connectivity index (χ4v) is 2.91. The van der Waals surface area contributed by atoms with Crippen molar-refractivity contribution in [3.05, 3.63) is 18.5 Å². The summed E-state index contributed by atoms with van der Waals surface area (Å²) in [6.45, 7) is 5.42. The van der Waals surface area contributed by atoms with Gasteiger partial charge in [0, 0.05) is 19.1 Å². The van der Waals surface area contributed by atoms with Gasteiger partial charge in [-0.05, 0) is 38.4 Å². The molecule has 3 N–H and O–H groups in total. The van der Waals surface area contributed by atoms with Crippen molar-refractivity contribution in [1.82, 2.24) is 19.9 Å². The van der Waals surface area contributed by atoms with Crippen molar-refractivity contribution in [3.8, 4) is 0 Å². The van der Waals surface area contributed by atoms with E-state index in [1.165, 1.54) is 32.1 Å². The molecule has 1 aliphatic rings. The Bertz CT molecular complexity index is 614. The van der Waals surface area contributed by atoms with Crippen molar-refractivity contribution in [2.45, 2.75) is 32.2 Å². The molecule has 1 aliphatic heterocycles. The van der Waals surface area contributed by atoms with E-state index in [1.54, 1.807) is 6.07 Å². The third kappa shape index (κ3) is 3.21. The molecule has 2 aromatic heterocycles. The number of rotatable bonds is 4. The minimum atomic E-state index is 0.481. The van der Waals surface area contributed by atoms with Gasteiger partial charge in [-0.1, -0.05) is 6.42 Å². The molecule has 0 aromatic carbocycles. The van der Waals surface area contributed by atoms with Crippen LogP contribution in [0.1, 0.15) is 26.2 Å². The minimum absolute atomic E-state index is 0.481. The Kier molecular flexibility index (Phi) is 4.15. The molecule has 0 bridgehead atoms. The molecule has 112 valence electrons. The zero-order chi connectivity index (χ0) is 14.7. The molecule has 2 aromatic rings. The first-order valence-corrected chi connectivity index (χ1v) is 7.59. The number of nitrogens with one attached hydrogen (secondary N) is 1. The Morgan fingerprint density at radius 2 is 2.24 bits per heavy atom. The third-order valence-electron chi connectivity index (χ3n) is 4.15. The second kappa shape index (κ2) is 6.22. The van der Waals surface area contributed by atoms with Crippen molar-refractivity contribution < 1.29 is 0 Å². The second-order valence-electron chi connectivity index (χ2n) is 5.64. The van der Waals surface area contributed by atoms with Crippen LogP contribution < -0.4 is 11.1 Å². The molecule has 0 radical (unpaired) electrons. The quantitative estimate of drug-likeness (QED) is 0.893. The fraction of sp³-hybridized carbons (Fsp3) is 0.533. The van der Waals surface area contributed by atoms with E-state index in [0.717, 1.165) is 24.3 Å². The molecule has 1 atom stereocenters. The highest BCUT2D eigenvalue weighted by Crippen LogP contribution is 2.19. The SMILES string of the molecule is CC1CCCCN1CCNc1ncnc2nc(N)ccc12. The van der Waals surface area contributed by atoms with Crippen LogP contribution in [-0.4, -0.2) is 45.5 Å². The Morgan fingerprint density at radius 1 is 1.33 bits per heavy atom. The standard InChI is InChI=1S/C15H22N6/c1-11-4-2-3-8-21(11)9-7-17-14-12-5-6-13(16)20-15(12)19-10-18-14/h5-6,10-11H,2-4,7-9H2,1H3,(H3,16,17,18,19,20). The summed E-state index contributed by atoms with van der Waals surface area (Å²) in [5.41, 5.74) is 6.33. The lowest BCUT2D eigenvalue weighted by Gasteiger charge is -2.33. The van der Waals surface area contributed by atoms with Crippen molar-refractivity contribution in [3.63, 3.8) is 0 Å². The Hall–Kier alpha value is -1.95. The van der Waals surface area contributed by atoms with Crippen LogP contribution in [-0.2, 0) is 0 Å². The molecule has 3 heterocycles. The topological polar surface area (TPSA) is 80.0 Å². The molecule has 0 amide bonds. The Labute approximate surface area is 124 Å². The number of hydrogen-bond donors (Lipinski definition) is 2. The van der Waals surface area contributed by atoms with Gasteiger partial charge in [0.25, 0.3) is 0 Å². The highest BCUT2D eigenvalue weighted by molar-refractivity contribution is 5.86. The van der Waals surface area contributed by atoms with Crippen LogP contribution in [0.4, 0.5) is 11.6 Å². The largest absolute Gasteiger partial charge is 0.384 e. The van der Waals surface area contributed by atoms with E-state index >= 15 is 0 Å². The first-order valence-electron chi connectivity index (χ1n) is 7.59. The van der Waals surface area contributed by atoms with Gasteiger partial charge in [-0.2, -0.15) is 0 Å². The predicted octanol–water partition coefficient (Wildman–Crippen LogP) is 1.89. The van der Waals surface area contributed by atoms with Crippen LogP contribution in [0.5, 0.6) is 0 Å². The van der Waals surface area contributed by atoms with Gasteiger partial charge >= 0.3 is 0 Å². The van der Waals surface area contributed by atoms with E-state index in [1.807, 2.05) is 6.07 Å². The number of nitrogens with zero attached hydrogens (tertiary/aromatic N) is 4. The van der Waals surface area contributed by atoms with Crippen molar-refractivity contribution in [1.29, 1.82) is 0 Å². The maximum atomic E-state index is 5.69. The summed E-state index contributed by atoms with van der Waals surface area (Å²) in [6, 6.07) is 4.39. The smallest absolute Gasteiger partial charge is 0.166 e. The van der Waals surface area contributed by atoms with Gasteiger partial charge in [0.15, 0.2) is 5.65 Å². The Balaban J connectivity index is 1.65. The summed E-state index contributed by atoms with van der Waals surface area (Å²) in [4.78, 5) is 15.2. The highest BCUT2D eigenvalue weighted by atomic mass is 15.2. The molecular weight excluding hydrogens is 264 g/mol. The van der Waals surface area contributed by atoms with Crippen molar-refractivity contribution in [2.75, 3.05) is 30.7 Å². The lowest BCUT2D eigenvalue weighted by Crippen LogP contribution is -2.40. The molecule has 1 fully saturated rings. The molecule has 21 heavy (non-hydrogen) atoms. The van der Waals surface area contributed by atoms with E-state index in [9.17, 15) is 0 Å². The van der Waals surface area contributed by atoms with E-state index in [4.69, 9.17) is 5.73 Å². The molecule has 0 saturated carbocycles. The van der Waals surface area contributed by atoms with Crippen molar-refractivity contribution >= 4 is 22.7 Å². The maximum Gasteiger partial charge on any atom is 0.166 e. The summed E-state index contributed by atoms with van der Waals surface area (Å²) in [7, 11) is 0. The van der Waals surface area contributed by atoms with Crippen LogP contribution in [0.15, 0.2) is 18.5 Å². The average Bonchev–Trinajstić information content (AvgIpc) is 2.49. The number of nitrogens with two attached hydrogens (primary N) is 1. The molecule has 3 rings (SSSR count). The summed E-state index contributed by atoms with van der Waals surface area (Å²) < 4.78 is 0. The van der Waals surface area contributed by atoms with Crippen LogP contribution in [0.3, 0.4) is 0 Å². The summed E-state index contributed by atoms with van der Waals surface area (Å²) >= 11 is 0. The number of anilines is 2. The maximum absolute atomic E-state index is 5.69. The zero-order valence-electron chi connectivity index (χ0n) is 12.4. The summed E-state index contributed by atoms with van der Waals surface area (Å²) in [5.74, 6) is 1.31. The summed E-state index contributed by atoms with van der Waals surface area (Å²) in [5, 5.41) is 4.32. The van der Waals surface area contributed by atoms with E-state index in [2.05, 4.69) is 32.1 Å². The Morgan fingerprint density at radius 3 is 3.10 bits per heavy atom. The number of hydrogen-bond acceptors (Lipinski definition) is 6. The predicted molar refractivity (Wildman–Crippen MR) is 85.1 cm³/mol. The molecule has 0 spiro atoms. The molecule has 1 unspecified atom stereocenters. The van der Waals surface area contributed by atoms with E-state index in [0.29, 0.717) is 17.5 Å². The number of fused-ring (bicyclic) bond motifs is 1. The number of pyridine rings is 1. The summed E-state index contributed by atoms with van der Waals surface area (Å²) in [6.07, 6.45) is 5.50. The minimum Gasteiger partial charge on any atom is -0.384 e. The van der Waals surface area contributed by atoms with Gasteiger partial charge in [-0.25, -0.2) is 15.0 Å². The monoisotopic (exact) mass is 286 g/mol. The second-order valence-corrected chi connectivity index (χ2v) is 5.64. The van der Waals surface area contributed by atoms with Gasteiger partial charge in [0.2, 0.25) is 0 Å². The first kappa shape index (κ1) is 14.0. The molecular formula is C15H22N6. The van der Waals surface area contributed by atoms with E-state index in [-0.39, 0.29) is 0 Å². The average molecular weight is 286 g/mol. The van der Waals surface area contributed by atoms with Crippen LogP contribution >= 0.6 is 0 Å². The first-order chi connectivity index (χ1) is 10.2. The molecule has 1 saturated heterocycles. The van der Waals surface area contributed by atoms with E-state index < -0.39 is 0 Å². The number of piperidine rings is 1. The fourth-order valence-electron chi connectivity index (χ4n) is 2.91. The number of aromatic nitrogens is 3. The third-order valence-corrected chi connectivity index (χ3v) is 4.15. The van der Waals surface area contributed by atoms with Crippen LogP contribution in [0.25, 0.3) is 11.0 Å². The lowest BCUT2D eigenvalue weighted by atomic mass is 10.0.